The summed E-state index contributed by atoms with van der Waals surface area (Å²) >= 11 is 0. The van der Waals surface area contributed by atoms with Gasteiger partial charge in [0.1, 0.15) is 0 Å². The highest BCUT2D eigenvalue weighted by atomic mass is 14.9. The van der Waals surface area contributed by atoms with Crippen LogP contribution in [0.15, 0.2) is 60.8 Å². The third-order valence-corrected chi connectivity index (χ3v) is 3.08. The van der Waals surface area contributed by atoms with E-state index in [0.29, 0.717) is 6.54 Å². The predicted octanol–water partition coefficient (Wildman–Crippen LogP) is 3.07. The first kappa shape index (κ1) is 10.1. The maximum atomic E-state index is 5.79. The van der Waals surface area contributed by atoms with Gasteiger partial charge >= 0.3 is 0 Å². The summed E-state index contributed by atoms with van der Waals surface area (Å²) in [5.41, 5.74) is 10.6. The summed E-state index contributed by atoms with van der Waals surface area (Å²) in [5.74, 6) is 0. The van der Waals surface area contributed by atoms with Crippen molar-refractivity contribution in [1.82, 2.24) is 4.40 Å². The van der Waals surface area contributed by atoms with Gasteiger partial charge in [0.2, 0.25) is 0 Å². The van der Waals surface area contributed by atoms with Crippen LogP contribution in [0.2, 0.25) is 0 Å². The lowest BCUT2D eigenvalue weighted by Crippen LogP contribution is -1.99. The van der Waals surface area contributed by atoms with Crippen LogP contribution in [-0.4, -0.2) is 4.40 Å². The fourth-order valence-electron chi connectivity index (χ4n) is 2.22. The van der Waals surface area contributed by atoms with E-state index in [2.05, 4.69) is 47.0 Å². The molecule has 17 heavy (non-hydrogen) atoms. The molecule has 0 spiro atoms. The molecule has 2 heteroatoms. The van der Waals surface area contributed by atoms with Crippen LogP contribution in [0.4, 0.5) is 0 Å². The molecule has 2 aromatic heterocycles. The van der Waals surface area contributed by atoms with E-state index in [-0.39, 0.29) is 0 Å². The molecule has 0 aliphatic carbocycles. The summed E-state index contributed by atoms with van der Waals surface area (Å²) in [5, 5.41) is 0. The van der Waals surface area contributed by atoms with Crippen LogP contribution >= 0.6 is 0 Å². The van der Waals surface area contributed by atoms with Gasteiger partial charge < -0.3 is 10.1 Å². The van der Waals surface area contributed by atoms with Crippen LogP contribution in [-0.2, 0) is 6.54 Å². The Labute approximate surface area is 100 Å². The molecule has 1 aromatic carbocycles. The smallest absolute Gasteiger partial charge is 0.0531 e. The maximum Gasteiger partial charge on any atom is 0.0531 e. The third-order valence-electron chi connectivity index (χ3n) is 3.08. The molecule has 0 atom stereocenters. The van der Waals surface area contributed by atoms with Crippen molar-refractivity contribution in [1.29, 1.82) is 0 Å². The molecular formula is C15H14N2. The fourth-order valence-corrected chi connectivity index (χ4v) is 2.22. The van der Waals surface area contributed by atoms with Crippen LogP contribution in [0.3, 0.4) is 0 Å². The molecule has 0 aliphatic rings. The number of nitrogens with zero attached hydrogens (tertiary/aromatic N) is 1. The average molecular weight is 222 g/mol. The van der Waals surface area contributed by atoms with E-state index in [0.717, 1.165) is 0 Å². The van der Waals surface area contributed by atoms with E-state index in [1.807, 2.05) is 18.2 Å². The molecule has 2 nitrogen and oxygen atoms in total. The standard InChI is InChI=1S/C15H14N2/c16-11-12-5-1-2-7-14(12)15-9-8-13-6-3-4-10-17(13)15/h1-10H,11,16H2. The van der Waals surface area contributed by atoms with Gasteiger partial charge in [-0.15, -0.1) is 0 Å². The number of benzene rings is 1. The first-order valence-corrected chi connectivity index (χ1v) is 5.74. The highest BCUT2D eigenvalue weighted by Crippen LogP contribution is 2.25. The SMILES string of the molecule is NCc1ccccc1-c1ccc2ccccn12. The van der Waals surface area contributed by atoms with Crippen LogP contribution in [0, 0.1) is 0 Å². The molecule has 0 unspecified atom stereocenters. The van der Waals surface area contributed by atoms with Crippen molar-refractivity contribution in [2.24, 2.45) is 5.73 Å². The van der Waals surface area contributed by atoms with Gasteiger partial charge in [0, 0.05) is 23.8 Å². The highest BCUT2D eigenvalue weighted by molar-refractivity contribution is 5.70. The monoisotopic (exact) mass is 222 g/mol. The zero-order chi connectivity index (χ0) is 11.7. The van der Waals surface area contributed by atoms with Crippen molar-refractivity contribution < 1.29 is 0 Å². The summed E-state index contributed by atoms with van der Waals surface area (Å²) in [7, 11) is 0. The van der Waals surface area contributed by atoms with Gasteiger partial charge in [0.15, 0.2) is 0 Å². The van der Waals surface area contributed by atoms with Gasteiger partial charge in [-0.3, -0.25) is 0 Å². The quantitative estimate of drug-likeness (QED) is 0.709. The molecule has 0 aliphatic heterocycles. The molecule has 0 saturated carbocycles. The van der Waals surface area contributed by atoms with Crippen LogP contribution < -0.4 is 5.73 Å². The maximum absolute atomic E-state index is 5.79. The average Bonchev–Trinajstić information content (AvgIpc) is 2.82. The van der Waals surface area contributed by atoms with Crippen molar-refractivity contribution in [3.8, 4) is 11.3 Å². The van der Waals surface area contributed by atoms with Gasteiger partial charge in [-0.25, -0.2) is 0 Å². The van der Waals surface area contributed by atoms with Crippen LogP contribution in [0.25, 0.3) is 16.8 Å². The topological polar surface area (TPSA) is 30.4 Å². The van der Waals surface area contributed by atoms with Crippen molar-refractivity contribution in [2.75, 3.05) is 0 Å². The Morgan fingerprint density at radius 3 is 2.59 bits per heavy atom. The minimum atomic E-state index is 0.566. The van der Waals surface area contributed by atoms with Gasteiger partial charge in [0.25, 0.3) is 0 Å². The molecule has 3 aromatic rings. The van der Waals surface area contributed by atoms with Gasteiger partial charge in [-0.2, -0.15) is 0 Å². The Hall–Kier alpha value is -2.06. The van der Waals surface area contributed by atoms with Gasteiger partial charge in [0.05, 0.1) is 5.69 Å². The molecule has 3 rings (SSSR count). The Morgan fingerprint density at radius 1 is 0.882 bits per heavy atom. The normalized spacial score (nSPS) is 10.9. The summed E-state index contributed by atoms with van der Waals surface area (Å²) < 4.78 is 2.19. The zero-order valence-electron chi connectivity index (χ0n) is 9.51. The lowest BCUT2D eigenvalue weighted by Gasteiger charge is -2.08. The van der Waals surface area contributed by atoms with Crippen molar-refractivity contribution in [3.63, 3.8) is 0 Å². The Balaban J connectivity index is 2.27. The Kier molecular flexibility index (Phi) is 2.42. The van der Waals surface area contributed by atoms with Crippen LogP contribution in [0.5, 0.6) is 0 Å². The van der Waals surface area contributed by atoms with E-state index in [1.165, 1.54) is 22.3 Å². The summed E-state index contributed by atoms with van der Waals surface area (Å²) in [6, 6.07) is 18.8. The molecule has 0 fully saturated rings. The minimum Gasteiger partial charge on any atom is -0.326 e. The highest BCUT2D eigenvalue weighted by Gasteiger charge is 2.07. The first-order valence-electron chi connectivity index (χ1n) is 5.74. The van der Waals surface area contributed by atoms with E-state index < -0.39 is 0 Å². The van der Waals surface area contributed by atoms with Crippen molar-refractivity contribution in [2.45, 2.75) is 6.54 Å². The molecular weight excluding hydrogens is 208 g/mol. The number of rotatable bonds is 2. The zero-order valence-corrected chi connectivity index (χ0v) is 9.51. The Bertz CT molecular complexity index is 653. The second kappa shape index (κ2) is 4.07. The number of pyridine rings is 1. The second-order valence-corrected chi connectivity index (χ2v) is 4.08. The summed E-state index contributed by atoms with van der Waals surface area (Å²) in [6.45, 7) is 0.566. The predicted molar refractivity (Wildman–Crippen MR) is 70.7 cm³/mol. The second-order valence-electron chi connectivity index (χ2n) is 4.08. The number of aromatic nitrogens is 1. The Morgan fingerprint density at radius 2 is 1.71 bits per heavy atom. The fraction of sp³-hybridized carbons (Fsp3) is 0.0667. The molecule has 84 valence electrons. The molecule has 0 bridgehead atoms. The minimum absolute atomic E-state index is 0.566. The lowest BCUT2D eigenvalue weighted by molar-refractivity contribution is 1.07. The molecule has 2 heterocycles. The molecule has 0 amide bonds. The lowest BCUT2D eigenvalue weighted by atomic mass is 10.0. The summed E-state index contributed by atoms with van der Waals surface area (Å²) in [4.78, 5) is 0. The van der Waals surface area contributed by atoms with Crippen LogP contribution in [0.1, 0.15) is 5.56 Å². The number of fused-ring (bicyclic) bond motifs is 1. The molecule has 0 saturated heterocycles. The molecule has 2 N–H and O–H groups in total. The van der Waals surface area contributed by atoms with E-state index in [1.54, 1.807) is 0 Å². The van der Waals surface area contributed by atoms with E-state index >= 15 is 0 Å². The van der Waals surface area contributed by atoms with Gasteiger partial charge in [-0.1, -0.05) is 30.3 Å². The third kappa shape index (κ3) is 1.63. The first-order chi connectivity index (χ1) is 8.40. The summed E-state index contributed by atoms with van der Waals surface area (Å²) in [6.07, 6.45) is 2.08. The van der Waals surface area contributed by atoms with E-state index in [9.17, 15) is 0 Å². The number of hydrogen-bond acceptors (Lipinski definition) is 1. The number of hydrogen-bond donors (Lipinski definition) is 1. The largest absolute Gasteiger partial charge is 0.326 e. The van der Waals surface area contributed by atoms with Crippen molar-refractivity contribution >= 4 is 5.52 Å². The van der Waals surface area contributed by atoms with Gasteiger partial charge in [-0.05, 0) is 29.8 Å². The molecule has 0 radical (unpaired) electrons. The van der Waals surface area contributed by atoms with Crippen molar-refractivity contribution in [3.05, 3.63) is 66.4 Å². The van der Waals surface area contributed by atoms with E-state index in [4.69, 9.17) is 5.73 Å². The number of nitrogens with two attached hydrogens (primary N) is 1.